The fourth-order valence-electron chi connectivity index (χ4n) is 0.988. The topological polar surface area (TPSA) is 55.5 Å². The summed E-state index contributed by atoms with van der Waals surface area (Å²) in [5, 5.41) is 9.14. The van der Waals surface area contributed by atoms with Gasteiger partial charge in [0.1, 0.15) is 0 Å². The molecule has 0 aromatic heterocycles. The van der Waals surface area contributed by atoms with E-state index in [1.54, 1.807) is 0 Å². The molecule has 0 heterocycles. The minimum atomic E-state index is -0.572. The van der Waals surface area contributed by atoms with Crippen LogP contribution in [0.5, 0.6) is 0 Å². The smallest absolute Gasteiger partial charge is 0.0895 e. The van der Waals surface area contributed by atoms with E-state index in [-0.39, 0.29) is 13.2 Å². The Morgan fingerprint density at radius 3 is 2.79 bits per heavy atom. The van der Waals surface area contributed by atoms with Crippen LogP contribution in [0.3, 0.4) is 0 Å². The first-order valence-electron chi connectivity index (χ1n) is 4.43. The highest BCUT2D eigenvalue weighted by molar-refractivity contribution is 9.10. The first-order valence-corrected chi connectivity index (χ1v) is 5.22. The Labute approximate surface area is 92.0 Å². The lowest BCUT2D eigenvalue weighted by Crippen LogP contribution is -2.25. The molecule has 1 unspecified atom stereocenters. The molecule has 0 fully saturated rings. The quantitative estimate of drug-likeness (QED) is 0.838. The number of halogens is 1. The average Bonchev–Trinajstić information content (AvgIpc) is 2.20. The lowest BCUT2D eigenvalue weighted by molar-refractivity contribution is 0.0327. The number of nitrogens with two attached hydrogens (primary N) is 1. The summed E-state index contributed by atoms with van der Waals surface area (Å²) >= 11 is 3.41. The molecule has 14 heavy (non-hydrogen) atoms. The number of rotatable bonds is 5. The van der Waals surface area contributed by atoms with Crippen molar-refractivity contribution in [1.29, 1.82) is 0 Å². The summed E-state index contributed by atoms with van der Waals surface area (Å²) in [4.78, 5) is 0. The van der Waals surface area contributed by atoms with Crippen LogP contribution in [0.1, 0.15) is 5.56 Å². The van der Waals surface area contributed by atoms with Crippen LogP contribution in [0.25, 0.3) is 0 Å². The van der Waals surface area contributed by atoms with Gasteiger partial charge in [-0.25, -0.2) is 0 Å². The molecule has 0 amide bonds. The van der Waals surface area contributed by atoms with E-state index in [1.807, 2.05) is 24.3 Å². The first-order chi connectivity index (χ1) is 6.74. The van der Waals surface area contributed by atoms with Crippen LogP contribution in [0, 0.1) is 0 Å². The predicted octanol–water partition coefficient (Wildman–Crippen LogP) is 1.29. The minimum absolute atomic E-state index is 0.232. The molecule has 0 bridgehead atoms. The Hall–Kier alpha value is -0.420. The molecule has 0 aliphatic carbocycles. The molecule has 0 saturated carbocycles. The van der Waals surface area contributed by atoms with Crippen molar-refractivity contribution >= 4 is 15.9 Å². The lowest BCUT2D eigenvalue weighted by atomic mass is 10.2. The summed E-state index contributed by atoms with van der Waals surface area (Å²) in [6.07, 6.45) is -0.572. The standard InChI is InChI=1S/C10H14BrNO2/c11-10-4-2-1-3-8(10)6-14-7-9(13)5-12/h1-4,9,13H,5-7,12H2. The van der Waals surface area contributed by atoms with Crippen molar-refractivity contribution < 1.29 is 9.84 Å². The van der Waals surface area contributed by atoms with Gasteiger partial charge in [0.05, 0.1) is 19.3 Å². The number of aliphatic hydroxyl groups excluding tert-OH is 1. The van der Waals surface area contributed by atoms with Crippen LogP contribution in [0.4, 0.5) is 0 Å². The zero-order chi connectivity index (χ0) is 10.4. The molecule has 0 aliphatic rings. The molecule has 1 rings (SSSR count). The van der Waals surface area contributed by atoms with E-state index in [0.29, 0.717) is 6.61 Å². The monoisotopic (exact) mass is 259 g/mol. The minimum Gasteiger partial charge on any atom is -0.389 e. The lowest BCUT2D eigenvalue weighted by Gasteiger charge is -2.09. The molecular weight excluding hydrogens is 246 g/mol. The van der Waals surface area contributed by atoms with Gasteiger partial charge in [-0.1, -0.05) is 34.1 Å². The first kappa shape index (κ1) is 11.7. The maximum Gasteiger partial charge on any atom is 0.0895 e. The van der Waals surface area contributed by atoms with Gasteiger partial charge in [-0.2, -0.15) is 0 Å². The summed E-state index contributed by atoms with van der Waals surface area (Å²) < 4.78 is 6.31. The van der Waals surface area contributed by atoms with E-state index in [9.17, 15) is 0 Å². The molecule has 0 saturated heterocycles. The van der Waals surface area contributed by atoms with Crippen molar-refractivity contribution in [3.63, 3.8) is 0 Å². The van der Waals surface area contributed by atoms with Gasteiger partial charge >= 0.3 is 0 Å². The molecule has 0 aliphatic heterocycles. The van der Waals surface area contributed by atoms with Gasteiger partial charge in [-0.05, 0) is 11.6 Å². The van der Waals surface area contributed by atoms with Gasteiger partial charge in [-0.3, -0.25) is 0 Å². The fraction of sp³-hybridized carbons (Fsp3) is 0.400. The van der Waals surface area contributed by atoms with Crippen molar-refractivity contribution in [3.8, 4) is 0 Å². The van der Waals surface area contributed by atoms with Gasteiger partial charge in [0.2, 0.25) is 0 Å². The van der Waals surface area contributed by atoms with Crippen molar-refractivity contribution in [3.05, 3.63) is 34.3 Å². The van der Waals surface area contributed by atoms with Crippen LogP contribution < -0.4 is 5.73 Å². The summed E-state index contributed by atoms with van der Waals surface area (Å²) in [6, 6.07) is 7.82. The van der Waals surface area contributed by atoms with Crippen LogP contribution >= 0.6 is 15.9 Å². The second-order valence-electron chi connectivity index (χ2n) is 3.00. The van der Waals surface area contributed by atoms with Crippen LogP contribution in [0.15, 0.2) is 28.7 Å². The number of hydrogen-bond acceptors (Lipinski definition) is 3. The highest BCUT2D eigenvalue weighted by Gasteiger charge is 2.02. The Morgan fingerprint density at radius 1 is 1.43 bits per heavy atom. The molecule has 0 spiro atoms. The van der Waals surface area contributed by atoms with Crippen LogP contribution in [-0.2, 0) is 11.3 Å². The van der Waals surface area contributed by atoms with Gasteiger partial charge in [0, 0.05) is 11.0 Å². The summed E-state index contributed by atoms with van der Waals surface area (Å²) in [7, 11) is 0. The Morgan fingerprint density at radius 2 is 2.14 bits per heavy atom. The Bertz CT molecular complexity index is 281. The summed E-state index contributed by atoms with van der Waals surface area (Å²) in [6.45, 7) is 0.992. The van der Waals surface area contributed by atoms with E-state index >= 15 is 0 Å². The van der Waals surface area contributed by atoms with Crippen LogP contribution in [0.2, 0.25) is 0 Å². The predicted molar refractivity (Wildman–Crippen MR) is 58.9 cm³/mol. The molecule has 3 nitrogen and oxygen atoms in total. The second-order valence-corrected chi connectivity index (χ2v) is 3.85. The molecule has 1 aromatic rings. The van der Waals surface area contributed by atoms with Gasteiger partial charge in [-0.15, -0.1) is 0 Å². The second kappa shape index (κ2) is 6.14. The Kier molecular flexibility index (Phi) is 5.11. The third-order valence-corrected chi connectivity index (χ3v) is 2.57. The summed E-state index contributed by atoms with van der Waals surface area (Å²) in [5.74, 6) is 0. The third-order valence-electron chi connectivity index (χ3n) is 1.80. The molecule has 78 valence electrons. The maximum atomic E-state index is 9.14. The highest BCUT2D eigenvalue weighted by atomic mass is 79.9. The molecule has 4 heteroatoms. The van der Waals surface area contributed by atoms with Crippen molar-refractivity contribution in [2.45, 2.75) is 12.7 Å². The maximum absolute atomic E-state index is 9.14. The van der Waals surface area contributed by atoms with Gasteiger partial charge in [0.25, 0.3) is 0 Å². The molecular formula is C10H14BrNO2. The zero-order valence-corrected chi connectivity index (χ0v) is 9.40. The molecule has 1 aromatic carbocycles. The van der Waals surface area contributed by atoms with E-state index in [1.165, 1.54) is 0 Å². The zero-order valence-electron chi connectivity index (χ0n) is 7.82. The average molecular weight is 260 g/mol. The van der Waals surface area contributed by atoms with E-state index < -0.39 is 6.10 Å². The Balaban J connectivity index is 2.35. The summed E-state index contributed by atoms with van der Waals surface area (Å²) in [5.41, 5.74) is 6.31. The van der Waals surface area contributed by atoms with Crippen molar-refractivity contribution in [1.82, 2.24) is 0 Å². The SMILES string of the molecule is NCC(O)COCc1ccccc1Br. The van der Waals surface area contributed by atoms with Crippen molar-refractivity contribution in [2.75, 3.05) is 13.2 Å². The molecule has 3 N–H and O–H groups in total. The number of aliphatic hydroxyl groups is 1. The normalized spacial score (nSPS) is 12.8. The number of hydrogen-bond donors (Lipinski definition) is 2. The van der Waals surface area contributed by atoms with E-state index in [2.05, 4.69) is 15.9 Å². The van der Waals surface area contributed by atoms with E-state index in [0.717, 1.165) is 10.0 Å². The largest absolute Gasteiger partial charge is 0.389 e. The van der Waals surface area contributed by atoms with Crippen LogP contribution in [-0.4, -0.2) is 24.4 Å². The fourth-order valence-corrected chi connectivity index (χ4v) is 1.39. The molecule has 1 atom stereocenters. The number of ether oxygens (including phenoxy) is 1. The number of benzene rings is 1. The molecule has 0 radical (unpaired) electrons. The van der Waals surface area contributed by atoms with E-state index in [4.69, 9.17) is 15.6 Å². The highest BCUT2D eigenvalue weighted by Crippen LogP contribution is 2.16. The third kappa shape index (κ3) is 3.75. The van der Waals surface area contributed by atoms with Gasteiger partial charge < -0.3 is 15.6 Å². The van der Waals surface area contributed by atoms with Gasteiger partial charge in [0.15, 0.2) is 0 Å². The van der Waals surface area contributed by atoms with Crippen molar-refractivity contribution in [2.24, 2.45) is 5.73 Å².